The number of benzene rings is 2. The highest BCUT2D eigenvalue weighted by Crippen LogP contribution is 2.19. The van der Waals surface area contributed by atoms with Crippen molar-refractivity contribution in [1.82, 2.24) is 5.32 Å². The van der Waals surface area contributed by atoms with Gasteiger partial charge in [0, 0.05) is 24.1 Å². The van der Waals surface area contributed by atoms with Gasteiger partial charge >= 0.3 is 5.97 Å². The van der Waals surface area contributed by atoms with Crippen LogP contribution >= 0.6 is 0 Å². The maximum absolute atomic E-state index is 12.7. The Hall–Kier alpha value is -2.96. The van der Waals surface area contributed by atoms with Gasteiger partial charge in [0.25, 0.3) is 12.3 Å². The first-order valence-electron chi connectivity index (χ1n) is 8.05. The number of alkyl halides is 2. The summed E-state index contributed by atoms with van der Waals surface area (Å²) in [5.74, 6) is -0.685. The maximum atomic E-state index is 12.7. The molecule has 0 spiro atoms. The Morgan fingerprint density at radius 3 is 2.50 bits per heavy atom. The van der Waals surface area contributed by atoms with Crippen LogP contribution in [0.2, 0.25) is 0 Å². The van der Waals surface area contributed by atoms with E-state index in [-0.39, 0.29) is 24.1 Å². The largest absolute Gasteiger partial charge is 0.494 e. The van der Waals surface area contributed by atoms with Crippen molar-refractivity contribution in [2.24, 2.45) is 0 Å². The van der Waals surface area contributed by atoms with Crippen LogP contribution in [0.15, 0.2) is 48.5 Å². The Morgan fingerprint density at radius 2 is 1.85 bits per heavy atom. The van der Waals surface area contributed by atoms with Gasteiger partial charge in [-0.15, -0.1) is 0 Å². The lowest BCUT2D eigenvalue weighted by molar-refractivity contribution is -0.137. The first-order chi connectivity index (χ1) is 12.5. The molecule has 0 fully saturated rings. The number of amides is 1. The zero-order valence-corrected chi connectivity index (χ0v) is 14.0. The Kier molecular flexibility index (Phi) is 7.08. The molecule has 0 saturated heterocycles. The molecule has 2 N–H and O–H groups in total. The van der Waals surface area contributed by atoms with E-state index in [4.69, 9.17) is 9.84 Å². The number of nitrogens with one attached hydrogen (secondary N) is 1. The fourth-order valence-electron chi connectivity index (χ4n) is 2.22. The minimum atomic E-state index is -2.62. The molecular weight excluding hydrogens is 344 g/mol. The average molecular weight is 363 g/mol. The maximum Gasteiger partial charge on any atom is 0.303 e. The molecule has 0 heterocycles. The zero-order chi connectivity index (χ0) is 18.9. The van der Waals surface area contributed by atoms with Gasteiger partial charge in [0.05, 0.1) is 6.61 Å². The van der Waals surface area contributed by atoms with E-state index >= 15 is 0 Å². The predicted molar refractivity (Wildman–Crippen MR) is 91.4 cm³/mol. The van der Waals surface area contributed by atoms with Crippen LogP contribution in [-0.4, -0.2) is 23.6 Å². The molecule has 2 rings (SSSR count). The van der Waals surface area contributed by atoms with Crippen LogP contribution in [0.1, 0.15) is 40.8 Å². The molecule has 5 nitrogen and oxygen atoms in total. The number of hydrogen-bond acceptors (Lipinski definition) is 3. The Labute approximate surface area is 149 Å². The van der Waals surface area contributed by atoms with Crippen molar-refractivity contribution in [3.05, 3.63) is 65.2 Å². The van der Waals surface area contributed by atoms with Crippen LogP contribution in [-0.2, 0) is 11.3 Å². The van der Waals surface area contributed by atoms with Crippen LogP contribution in [0.5, 0.6) is 5.75 Å². The number of carboxylic acids is 1. The molecule has 0 aliphatic rings. The number of carbonyl (C=O) groups excluding carboxylic acids is 1. The fraction of sp³-hybridized carbons (Fsp3) is 0.263. The molecule has 0 atom stereocenters. The van der Waals surface area contributed by atoms with Gasteiger partial charge in [-0.05, 0) is 36.2 Å². The summed E-state index contributed by atoms with van der Waals surface area (Å²) < 4.78 is 30.8. The molecule has 0 bridgehead atoms. The van der Waals surface area contributed by atoms with Crippen molar-refractivity contribution < 1.29 is 28.2 Å². The SMILES string of the molecule is O=C(O)CCCOc1ccc(CNC(=O)c2cccc(C(F)F)c2)cc1. The molecule has 0 aromatic heterocycles. The zero-order valence-electron chi connectivity index (χ0n) is 14.0. The molecular formula is C19H19F2NO4. The van der Waals surface area contributed by atoms with Gasteiger partial charge in [0.2, 0.25) is 0 Å². The first kappa shape index (κ1) is 19.4. The molecule has 0 unspecified atom stereocenters. The highest BCUT2D eigenvalue weighted by molar-refractivity contribution is 5.94. The number of ether oxygens (including phenoxy) is 1. The second kappa shape index (κ2) is 9.50. The molecule has 26 heavy (non-hydrogen) atoms. The number of rotatable bonds is 9. The summed E-state index contributed by atoms with van der Waals surface area (Å²) in [5, 5.41) is 11.2. The van der Waals surface area contributed by atoms with Crippen LogP contribution in [0.25, 0.3) is 0 Å². The normalized spacial score (nSPS) is 10.6. The third-order valence-electron chi connectivity index (χ3n) is 3.58. The van der Waals surface area contributed by atoms with E-state index < -0.39 is 18.3 Å². The van der Waals surface area contributed by atoms with E-state index in [9.17, 15) is 18.4 Å². The second-order valence-corrected chi connectivity index (χ2v) is 5.60. The molecule has 0 radical (unpaired) electrons. The Morgan fingerprint density at radius 1 is 1.12 bits per heavy atom. The molecule has 2 aromatic carbocycles. The summed E-state index contributed by atoms with van der Waals surface area (Å²) in [4.78, 5) is 22.5. The van der Waals surface area contributed by atoms with Gasteiger partial charge in [-0.2, -0.15) is 0 Å². The van der Waals surface area contributed by atoms with Crippen LogP contribution in [0, 0.1) is 0 Å². The van der Waals surface area contributed by atoms with E-state index in [1.807, 2.05) is 0 Å². The van der Waals surface area contributed by atoms with Crippen molar-refractivity contribution in [2.75, 3.05) is 6.61 Å². The summed E-state index contributed by atoms with van der Waals surface area (Å²) in [6.07, 6.45) is -2.15. The van der Waals surface area contributed by atoms with Crippen LogP contribution in [0.3, 0.4) is 0 Å². The van der Waals surface area contributed by atoms with Crippen molar-refractivity contribution in [2.45, 2.75) is 25.8 Å². The molecule has 0 aliphatic heterocycles. The third kappa shape index (κ3) is 6.16. The molecule has 138 valence electrons. The lowest BCUT2D eigenvalue weighted by Gasteiger charge is -2.09. The topological polar surface area (TPSA) is 75.6 Å². The Balaban J connectivity index is 1.82. The van der Waals surface area contributed by atoms with E-state index in [2.05, 4.69) is 5.32 Å². The second-order valence-electron chi connectivity index (χ2n) is 5.60. The molecule has 1 amide bonds. The van der Waals surface area contributed by atoms with Crippen molar-refractivity contribution >= 4 is 11.9 Å². The van der Waals surface area contributed by atoms with Crippen molar-refractivity contribution in [3.8, 4) is 5.75 Å². The highest BCUT2D eigenvalue weighted by Gasteiger charge is 2.11. The first-order valence-corrected chi connectivity index (χ1v) is 8.05. The van der Waals surface area contributed by atoms with Gasteiger partial charge in [-0.3, -0.25) is 9.59 Å². The number of hydrogen-bond donors (Lipinski definition) is 2. The predicted octanol–water partition coefficient (Wildman–Crippen LogP) is 3.80. The standard InChI is InChI=1S/C19H19F2NO4/c20-18(21)14-3-1-4-15(11-14)19(25)22-12-13-6-8-16(9-7-13)26-10-2-5-17(23)24/h1,3-4,6-9,11,18H,2,5,10,12H2,(H,22,25)(H,23,24). The van der Waals surface area contributed by atoms with Crippen LogP contribution in [0.4, 0.5) is 8.78 Å². The fourth-order valence-corrected chi connectivity index (χ4v) is 2.22. The number of carbonyl (C=O) groups is 2. The van der Waals surface area contributed by atoms with E-state index in [1.165, 1.54) is 24.3 Å². The number of halogens is 2. The minimum absolute atomic E-state index is 0.0525. The number of carboxylic acid groups (broad SMARTS) is 1. The van der Waals surface area contributed by atoms with E-state index in [0.29, 0.717) is 18.8 Å². The van der Waals surface area contributed by atoms with Crippen LogP contribution < -0.4 is 10.1 Å². The smallest absolute Gasteiger partial charge is 0.303 e. The lowest BCUT2D eigenvalue weighted by atomic mass is 10.1. The summed E-state index contributed by atoms with van der Waals surface area (Å²) in [6, 6.07) is 12.3. The summed E-state index contributed by atoms with van der Waals surface area (Å²) >= 11 is 0. The van der Waals surface area contributed by atoms with Crippen molar-refractivity contribution in [1.29, 1.82) is 0 Å². The monoisotopic (exact) mass is 363 g/mol. The summed E-state index contributed by atoms with van der Waals surface area (Å²) in [5.41, 5.74) is 0.810. The summed E-state index contributed by atoms with van der Waals surface area (Å²) in [7, 11) is 0. The lowest BCUT2D eigenvalue weighted by Crippen LogP contribution is -2.22. The minimum Gasteiger partial charge on any atom is -0.494 e. The van der Waals surface area contributed by atoms with E-state index in [1.54, 1.807) is 24.3 Å². The Bertz CT molecular complexity index is 747. The third-order valence-corrected chi connectivity index (χ3v) is 3.58. The quantitative estimate of drug-likeness (QED) is 0.665. The summed E-state index contributed by atoms with van der Waals surface area (Å²) in [6.45, 7) is 0.555. The molecule has 7 heteroatoms. The van der Waals surface area contributed by atoms with Gasteiger partial charge in [0.1, 0.15) is 5.75 Å². The van der Waals surface area contributed by atoms with Gasteiger partial charge < -0.3 is 15.2 Å². The molecule has 2 aromatic rings. The van der Waals surface area contributed by atoms with Gasteiger partial charge in [0.15, 0.2) is 0 Å². The average Bonchev–Trinajstić information content (AvgIpc) is 2.64. The molecule has 0 aliphatic carbocycles. The number of aliphatic carboxylic acids is 1. The van der Waals surface area contributed by atoms with Gasteiger partial charge in [-0.1, -0.05) is 24.3 Å². The molecule has 0 saturated carbocycles. The van der Waals surface area contributed by atoms with Gasteiger partial charge in [-0.25, -0.2) is 8.78 Å². The van der Waals surface area contributed by atoms with Crippen molar-refractivity contribution in [3.63, 3.8) is 0 Å². The highest BCUT2D eigenvalue weighted by atomic mass is 19.3. The van der Waals surface area contributed by atoms with E-state index in [0.717, 1.165) is 5.56 Å².